The van der Waals surface area contributed by atoms with Crippen LogP contribution < -0.4 is 0 Å². The van der Waals surface area contributed by atoms with E-state index in [9.17, 15) is 0 Å². The molecule has 2 nitrogen and oxygen atoms in total. The Morgan fingerprint density at radius 2 is 2.09 bits per heavy atom. The van der Waals surface area contributed by atoms with Crippen LogP contribution >= 0.6 is 0 Å². The number of nitrogens with zero attached hydrogens (tertiary/aromatic N) is 2. The second kappa shape index (κ2) is 2.38. The predicted molar refractivity (Wildman–Crippen MR) is 44.3 cm³/mol. The molecule has 0 spiro atoms. The first-order valence-electron chi connectivity index (χ1n) is 3.72. The Balaban J connectivity index is 2.36. The number of hydrogen-bond acceptors (Lipinski definition) is 1. The molecule has 0 radical (unpaired) electrons. The highest BCUT2D eigenvalue weighted by Crippen LogP contribution is 2.16. The smallest absolute Gasteiger partial charge is 0.106 e. The fourth-order valence-electron chi connectivity index (χ4n) is 1.31. The first-order valence-corrected chi connectivity index (χ1v) is 3.72. The molecule has 2 rings (SSSR count). The number of imidazole rings is 1. The van der Waals surface area contributed by atoms with E-state index in [0.29, 0.717) is 6.04 Å². The van der Waals surface area contributed by atoms with Crippen molar-refractivity contribution in [2.24, 2.45) is 0 Å². The number of aromatic nitrogens is 2. The molecule has 0 saturated carbocycles. The minimum atomic E-state index is 0.387. The molecule has 0 saturated heterocycles. The zero-order valence-corrected chi connectivity index (χ0v) is 6.44. The summed E-state index contributed by atoms with van der Waals surface area (Å²) in [4.78, 5) is 4.16. The fourth-order valence-corrected chi connectivity index (χ4v) is 1.31. The standard InChI is InChI=1S/C9H10N2/c1-8-10-6-7-11(8)9-4-2-3-5-9/h2-7,9H,1H3. The SMILES string of the molecule is Cc1nccn1C1C=CC=C1. The molecule has 0 aromatic carbocycles. The first-order chi connectivity index (χ1) is 5.38. The molecular formula is C9H10N2. The number of allylic oxidation sites excluding steroid dienone is 4. The zero-order chi connectivity index (χ0) is 7.68. The van der Waals surface area contributed by atoms with Crippen LogP contribution in [0, 0.1) is 6.92 Å². The summed E-state index contributed by atoms with van der Waals surface area (Å²) in [6.07, 6.45) is 12.2. The molecular weight excluding hydrogens is 136 g/mol. The minimum Gasteiger partial charge on any atom is -0.325 e. The van der Waals surface area contributed by atoms with Gasteiger partial charge in [0.15, 0.2) is 0 Å². The molecule has 1 aliphatic rings. The highest BCUT2D eigenvalue weighted by atomic mass is 15.1. The van der Waals surface area contributed by atoms with E-state index in [0.717, 1.165) is 5.82 Å². The minimum absolute atomic E-state index is 0.387. The second-order valence-electron chi connectivity index (χ2n) is 2.64. The fraction of sp³-hybridized carbons (Fsp3) is 0.222. The third-order valence-electron chi connectivity index (χ3n) is 1.91. The van der Waals surface area contributed by atoms with E-state index in [2.05, 4.69) is 33.9 Å². The van der Waals surface area contributed by atoms with Crippen LogP contribution in [0.1, 0.15) is 11.9 Å². The average molecular weight is 146 g/mol. The lowest BCUT2D eigenvalue weighted by Crippen LogP contribution is -2.02. The summed E-state index contributed by atoms with van der Waals surface area (Å²) in [5, 5.41) is 0. The Morgan fingerprint density at radius 1 is 1.36 bits per heavy atom. The highest BCUT2D eigenvalue weighted by molar-refractivity contribution is 5.21. The van der Waals surface area contributed by atoms with Gasteiger partial charge in [-0.25, -0.2) is 4.98 Å². The van der Waals surface area contributed by atoms with Crippen molar-refractivity contribution in [2.45, 2.75) is 13.0 Å². The summed E-state index contributed by atoms with van der Waals surface area (Å²) in [6.45, 7) is 2.01. The van der Waals surface area contributed by atoms with Gasteiger partial charge >= 0.3 is 0 Å². The maximum absolute atomic E-state index is 4.16. The molecule has 11 heavy (non-hydrogen) atoms. The predicted octanol–water partition coefficient (Wildman–Crippen LogP) is 1.86. The monoisotopic (exact) mass is 146 g/mol. The Kier molecular flexibility index (Phi) is 1.39. The Hall–Kier alpha value is -1.31. The maximum atomic E-state index is 4.16. The van der Waals surface area contributed by atoms with Crippen LogP contribution in [-0.2, 0) is 0 Å². The van der Waals surface area contributed by atoms with Gasteiger partial charge in [0.2, 0.25) is 0 Å². The molecule has 0 fully saturated rings. The summed E-state index contributed by atoms with van der Waals surface area (Å²) >= 11 is 0. The molecule has 0 atom stereocenters. The van der Waals surface area contributed by atoms with Crippen LogP contribution in [0.15, 0.2) is 36.7 Å². The van der Waals surface area contributed by atoms with Gasteiger partial charge in [-0.15, -0.1) is 0 Å². The summed E-state index contributed by atoms with van der Waals surface area (Å²) in [7, 11) is 0. The molecule has 0 aliphatic heterocycles. The summed E-state index contributed by atoms with van der Waals surface area (Å²) < 4.78 is 2.14. The van der Waals surface area contributed by atoms with E-state index in [1.807, 2.05) is 19.3 Å². The Labute approximate surface area is 65.9 Å². The third-order valence-corrected chi connectivity index (χ3v) is 1.91. The number of hydrogen-bond donors (Lipinski definition) is 0. The summed E-state index contributed by atoms with van der Waals surface area (Å²) in [6, 6.07) is 0.387. The highest BCUT2D eigenvalue weighted by Gasteiger charge is 2.06. The third kappa shape index (κ3) is 1.00. The van der Waals surface area contributed by atoms with Crippen molar-refractivity contribution in [1.29, 1.82) is 0 Å². The van der Waals surface area contributed by atoms with Crippen molar-refractivity contribution in [3.8, 4) is 0 Å². The van der Waals surface area contributed by atoms with Crippen LogP contribution in [0.2, 0.25) is 0 Å². The molecule has 1 aromatic heterocycles. The number of rotatable bonds is 1. The van der Waals surface area contributed by atoms with Gasteiger partial charge < -0.3 is 4.57 Å². The lowest BCUT2D eigenvalue weighted by molar-refractivity contribution is 0.700. The van der Waals surface area contributed by atoms with E-state index >= 15 is 0 Å². The topological polar surface area (TPSA) is 17.8 Å². The van der Waals surface area contributed by atoms with Crippen molar-refractivity contribution in [3.63, 3.8) is 0 Å². The van der Waals surface area contributed by atoms with Gasteiger partial charge in [0.25, 0.3) is 0 Å². The molecule has 0 amide bonds. The van der Waals surface area contributed by atoms with E-state index in [1.165, 1.54) is 0 Å². The van der Waals surface area contributed by atoms with E-state index in [4.69, 9.17) is 0 Å². The van der Waals surface area contributed by atoms with Crippen molar-refractivity contribution < 1.29 is 0 Å². The molecule has 2 heteroatoms. The molecule has 0 bridgehead atoms. The Morgan fingerprint density at radius 3 is 2.64 bits per heavy atom. The maximum Gasteiger partial charge on any atom is 0.106 e. The van der Waals surface area contributed by atoms with Crippen molar-refractivity contribution in [3.05, 3.63) is 42.5 Å². The van der Waals surface area contributed by atoms with Gasteiger partial charge in [-0.1, -0.05) is 24.3 Å². The van der Waals surface area contributed by atoms with Gasteiger partial charge in [-0.3, -0.25) is 0 Å². The average Bonchev–Trinajstić information content (AvgIpc) is 2.55. The summed E-state index contributed by atoms with van der Waals surface area (Å²) in [5.74, 6) is 1.06. The first kappa shape index (κ1) is 6.40. The van der Waals surface area contributed by atoms with Gasteiger partial charge in [0.1, 0.15) is 5.82 Å². The largest absolute Gasteiger partial charge is 0.325 e. The quantitative estimate of drug-likeness (QED) is 0.591. The van der Waals surface area contributed by atoms with Crippen LogP contribution in [0.3, 0.4) is 0 Å². The van der Waals surface area contributed by atoms with Gasteiger partial charge in [0.05, 0.1) is 6.04 Å². The van der Waals surface area contributed by atoms with Crippen molar-refractivity contribution in [1.82, 2.24) is 9.55 Å². The molecule has 0 N–H and O–H groups in total. The molecule has 1 aromatic rings. The van der Waals surface area contributed by atoms with E-state index in [-0.39, 0.29) is 0 Å². The van der Waals surface area contributed by atoms with Gasteiger partial charge in [0, 0.05) is 12.4 Å². The lowest BCUT2D eigenvalue weighted by Gasteiger charge is -2.08. The molecule has 56 valence electrons. The van der Waals surface area contributed by atoms with Gasteiger partial charge in [-0.05, 0) is 6.92 Å². The number of aryl methyl sites for hydroxylation is 1. The summed E-state index contributed by atoms with van der Waals surface area (Å²) in [5.41, 5.74) is 0. The Bertz CT molecular complexity index is 295. The molecule has 1 aliphatic carbocycles. The zero-order valence-electron chi connectivity index (χ0n) is 6.44. The van der Waals surface area contributed by atoms with Crippen molar-refractivity contribution in [2.75, 3.05) is 0 Å². The van der Waals surface area contributed by atoms with Crippen LogP contribution in [-0.4, -0.2) is 9.55 Å². The molecule has 0 unspecified atom stereocenters. The van der Waals surface area contributed by atoms with Crippen molar-refractivity contribution >= 4 is 0 Å². The lowest BCUT2D eigenvalue weighted by atomic mass is 10.3. The van der Waals surface area contributed by atoms with E-state index < -0.39 is 0 Å². The van der Waals surface area contributed by atoms with Crippen LogP contribution in [0.4, 0.5) is 0 Å². The molecule has 1 heterocycles. The van der Waals surface area contributed by atoms with E-state index in [1.54, 1.807) is 0 Å². The van der Waals surface area contributed by atoms with Crippen LogP contribution in [0.5, 0.6) is 0 Å². The van der Waals surface area contributed by atoms with Gasteiger partial charge in [-0.2, -0.15) is 0 Å². The normalized spacial score (nSPS) is 16.5. The van der Waals surface area contributed by atoms with Crippen LogP contribution in [0.25, 0.3) is 0 Å². The second-order valence-corrected chi connectivity index (χ2v) is 2.64.